The summed E-state index contributed by atoms with van der Waals surface area (Å²) in [6, 6.07) is 16.1. The highest BCUT2D eigenvalue weighted by Crippen LogP contribution is 2.33. The number of aromatic amines is 1. The van der Waals surface area contributed by atoms with Crippen molar-refractivity contribution in [1.29, 1.82) is 0 Å². The molecule has 0 aliphatic rings. The van der Waals surface area contributed by atoms with E-state index in [2.05, 4.69) is 9.97 Å². The van der Waals surface area contributed by atoms with Gasteiger partial charge in [0.25, 0.3) is 0 Å². The van der Waals surface area contributed by atoms with Crippen molar-refractivity contribution in [2.24, 2.45) is 4.99 Å². The van der Waals surface area contributed by atoms with Gasteiger partial charge in [-0.3, -0.25) is 4.31 Å². The van der Waals surface area contributed by atoms with Gasteiger partial charge < -0.3 is 19.4 Å². The van der Waals surface area contributed by atoms with Crippen molar-refractivity contribution >= 4 is 55.3 Å². The molecule has 0 fully saturated rings. The van der Waals surface area contributed by atoms with E-state index in [9.17, 15) is 13.5 Å². The Hall–Kier alpha value is -3.86. The number of benzene rings is 2. The highest BCUT2D eigenvalue weighted by Gasteiger charge is 2.21. The van der Waals surface area contributed by atoms with Crippen LogP contribution in [-0.2, 0) is 10.0 Å². The number of anilines is 1. The van der Waals surface area contributed by atoms with E-state index in [1.54, 1.807) is 42.6 Å². The highest BCUT2D eigenvalue weighted by atomic mass is 35.5. The first-order chi connectivity index (χ1) is 18.1. The molecule has 0 aliphatic carbocycles. The number of aliphatic imine (C=N–C) groups is 1. The van der Waals surface area contributed by atoms with Crippen LogP contribution in [0.2, 0.25) is 5.02 Å². The number of sulfonamides is 1. The average molecular weight is 551 g/mol. The lowest BCUT2D eigenvalue weighted by atomic mass is 10.0. The maximum Gasteiger partial charge on any atom is 0.232 e. The number of imidazole rings is 1. The van der Waals surface area contributed by atoms with Gasteiger partial charge in [0.1, 0.15) is 5.65 Å². The van der Waals surface area contributed by atoms with Gasteiger partial charge in [0, 0.05) is 47.7 Å². The van der Waals surface area contributed by atoms with Gasteiger partial charge in [0.05, 0.1) is 34.4 Å². The van der Waals surface area contributed by atoms with Crippen LogP contribution < -0.4 is 4.31 Å². The fourth-order valence-electron chi connectivity index (χ4n) is 4.32. The van der Waals surface area contributed by atoms with Crippen LogP contribution in [-0.4, -0.2) is 71.9 Å². The molecular weight excluding hydrogens is 524 g/mol. The summed E-state index contributed by atoms with van der Waals surface area (Å²) in [5.41, 5.74) is 4.44. The Morgan fingerprint density at radius 1 is 1.11 bits per heavy atom. The number of likely N-dealkylation sites (N-methyl/N-ethyl adjacent to an activating group) is 1. The number of hydrogen-bond acceptors (Lipinski definition) is 6. The molecule has 0 spiro atoms. The van der Waals surface area contributed by atoms with Crippen LogP contribution in [0.5, 0.6) is 5.88 Å². The number of H-pyrrole nitrogens is 1. The number of rotatable bonds is 8. The van der Waals surface area contributed by atoms with Crippen LogP contribution in [0.3, 0.4) is 0 Å². The van der Waals surface area contributed by atoms with E-state index in [0.717, 1.165) is 16.6 Å². The third-order valence-corrected chi connectivity index (χ3v) is 7.60. The van der Waals surface area contributed by atoms with E-state index < -0.39 is 10.0 Å². The summed E-state index contributed by atoms with van der Waals surface area (Å²) in [7, 11) is 0.333. The van der Waals surface area contributed by atoms with Gasteiger partial charge in [-0.1, -0.05) is 17.7 Å². The Morgan fingerprint density at radius 3 is 2.58 bits per heavy atom. The Kier molecular flexibility index (Phi) is 6.87. The minimum Gasteiger partial charge on any atom is -0.494 e. The van der Waals surface area contributed by atoms with Crippen molar-refractivity contribution < 1.29 is 13.5 Å². The van der Waals surface area contributed by atoms with E-state index in [-0.39, 0.29) is 5.88 Å². The van der Waals surface area contributed by atoms with Crippen molar-refractivity contribution in [3.63, 3.8) is 0 Å². The summed E-state index contributed by atoms with van der Waals surface area (Å²) < 4.78 is 28.2. The molecule has 196 valence electrons. The zero-order valence-electron chi connectivity index (χ0n) is 21.1. The molecule has 5 rings (SSSR count). The number of nitrogens with one attached hydrogen (secondary N) is 1. The fraction of sp³-hybridized carbons (Fsp3) is 0.185. The smallest absolute Gasteiger partial charge is 0.232 e. The lowest BCUT2D eigenvalue weighted by Crippen LogP contribution is -2.35. The van der Waals surface area contributed by atoms with Gasteiger partial charge in [-0.05, 0) is 62.6 Å². The Bertz CT molecular complexity index is 1760. The molecule has 0 saturated heterocycles. The van der Waals surface area contributed by atoms with E-state index >= 15 is 0 Å². The molecule has 3 aromatic heterocycles. The van der Waals surface area contributed by atoms with Gasteiger partial charge >= 0.3 is 0 Å². The Balaban J connectivity index is 1.62. The maximum absolute atomic E-state index is 12.5. The third-order valence-electron chi connectivity index (χ3n) is 6.17. The second kappa shape index (κ2) is 10.1. The van der Waals surface area contributed by atoms with Gasteiger partial charge in [0.15, 0.2) is 5.88 Å². The number of aromatic nitrogens is 3. The first kappa shape index (κ1) is 25.8. The summed E-state index contributed by atoms with van der Waals surface area (Å²) in [4.78, 5) is 14.2. The number of pyridine rings is 1. The second-order valence-corrected chi connectivity index (χ2v) is 11.6. The number of fused-ring (bicyclic) bond motifs is 2. The SMILES string of the molecule is CN(C)CCN(c1ccc(N=C(c2ccc3nccn3c2)c2c(O)[nH]c3cc(Cl)ccc23)cc1)S(C)(=O)=O. The summed E-state index contributed by atoms with van der Waals surface area (Å²) in [6.07, 6.45) is 6.65. The van der Waals surface area contributed by atoms with Crippen molar-refractivity contribution in [3.05, 3.63) is 89.3 Å². The monoisotopic (exact) mass is 550 g/mol. The van der Waals surface area contributed by atoms with Crippen LogP contribution in [0, 0.1) is 0 Å². The fourth-order valence-corrected chi connectivity index (χ4v) is 5.41. The molecule has 5 aromatic rings. The molecule has 2 aromatic carbocycles. The molecule has 0 saturated carbocycles. The molecule has 9 nitrogen and oxygen atoms in total. The number of halogens is 1. The van der Waals surface area contributed by atoms with Crippen LogP contribution >= 0.6 is 11.6 Å². The third kappa shape index (κ3) is 5.24. The largest absolute Gasteiger partial charge is 0.494 e. The first-order valence-electron chi connectivity index (χ1n) is 11.8. The predicted octanol–water partition coefficient (Wildman–Crippen LogP) is 4.67. The van der Waals surface area contributed by atoms with Crippen molar-refractivity contribution in [3.8, 4) is 5.88 Å². The standard InChI is InChI=1S/C27H27ClN6O3S/c1-32(2)14-15-34(38(3,36)37)21-8-6-20(7-9-21)30-26(18-4-11-24-29-12-13-33(24)17-18)25-22-10-5-19(28)16-23(22)31-27(25)35/h4-13,16-17,31,35H,14-15H2,1-3H3. The first-order valence-corrected chi connectivity index (χ1v) is 14.1. The zero-order chi connectivity index (χ0) is 27.0. The summed E-state index contributed by atoms with van der Waals surface area (Å²) in [6.45, 7) is 0.911. The molecule has 0 radical (unpaired) electrons. The van der Waals surface area contributed by atoms with Gasteiger partial charge in [-0.15, -0.1) is 0 Å². The molecule has 0 aliphatic heterocycles. The van der Waals surface area contributed by atoms with Gasteiger partial charge in [-0.25, -0.2) is 18.4 Å². The minimum atomic E-state index is -3.46. The van der Waals surface area contributed by atoms with Crippen LogP contribution in [0.15, 0.2) is 78.2 Å². The molecule has 38 heavy (non-hydrogen) atoms. The maximum atomic E-state index is 12.5. The predicted molar refractivity (Wildman–Crippen MR) is 153 cm³/mol. The van der Waals surface area contributed by atoms with Crippen LogP contribution in [0.1, 0.15) is 11.1 Å². The molecule has 0 unspecified atom stereocenters. The molecule has 3 heterocycles. The molecular formula is C27H27ClN6O3S. The second-order valence-electron chi connectivity index (χ2n) is 9.26. The topological polar surface area (TPSA) is 106 Å². The molecule has 11 heteroatoms. The van der Waals surface area contributed by atoms with Crippen LogP contribution in [0.25, 0.3) is 16.6 Å². The van der Waals surface area contributed by atoms with Gasteiger partial charge in [0.2, 0.25) is 10.0 Å². The average Bonchev–Trinajstić information content (AvgIpc) is 3.45. The molecule has 0 amide bonds. The number of aromatic hydroxyl groups is 1. The lowest BCUT2D eigenvalue weighted by Gasteiger charge is -2.24. The van der Waals surface area contributed by atoms with E-state index in [0.29, 0.717) is 46.3 Å². The summed E-state index contributed by atoms with van der Waals surface area (Å²) in [5, 5.41) is 12.3. The molecule has 0 atom stereocenters. The number of nitrogens with zero attached hydrogens (tertiary/aromatic N) is 5. The quantitative estimate of drug-likeness (QED) is 0.273. The normalized spacial score (nSPS) is 12.6. The lowest BCUT2D eigenvalue weighted by molar-refractivity contribution is 0.419. The van der Waals surface area contributed by atoms with E-state index in [1.165, 1.54) is 10.6 Å². The van der Waals surface area contributed by atoms with Crippen molar-refractivity contribution in [2.75, 3.05) is 37.7 Å². The van der Waals surface area contributed by atoms with E-state index in [4.69, 9.17) is 16.6 Å². The van der Waals surface area contributed by atoms with Crippen molar-refractivity contribution in [2.45, 2.75) is 0 Å². The Morgan fingerprint density at radius 2 is 1.87 bits per heavy atom. The van der Waals surface area contributed by atoms with Crippen LogP contribution in [0.4, 0.5) is 11.4 Å². The summed E-state index contributed by atoms with van der Waals surface area (Å²) in [5.74, 6) is -0.0321. The van der Waals surface area contributed by atoms with Crippen molar-refractivity contribution in [1.82, 2.24) is 19.3 Å². The zero-order valence-corrected chi connectivity index (χ0v) is 22.7. The highest BCUT2D eigenvalue weighted by molar-refractivity contribution is 7.92. The molecule has 2 N–H and O–H groups in total. The molecule has 0 bridgehead atoms. The number of hydrogen-bond donors (Lipinski definition) is 2. The summed E-state index contributed by atoms with van der Waals surface area (Å²) >= 11 is 6.18. The Labute approximate surface area is 225 Å². The minimum absolute atomic E-state index is 0.0321. The van der Waals surface area contributed by atoms with E-state index in [1.807, 2.05) is 54.0 Å². The van der Waals surface area contributed by atoms with Gasteiger partial charge in [-0.2, -0.15) is 0 Å².